The molecule has 0 spiro atoms. The highest BCUT2D eigenvalue weighted by molar-refractivity contribution is 7.14. The highest BCUT2D eigenvalue weighted by atomic mass is 35.5. The van der Waals surface area contributed by atoms with Gasteiger partial charge in [0.1, 0.15) is 12.0 Å². The first kappa shape index (κ1) is 16.1. The second-order valence-corrected chi connectivity index (χ2v) is 6.12. The van der Waals surface area contributed by atoms with E-state index in [1.54, 1.807) is 12.1 Å². The van der Waals surface area contributed by atoms with Crippen molar-refractivity contribution in [2.45, 2.75) is 0 Å². The lowest BCUT2D eigenvalue weighted by atomic mass is 10.2. The third kappa shape index (κ3) is 3.42. The van der Waals surface area contributed by atoms with E-state index in [1.807, 2.05) is 17.5 Å². The Morgan fingerprint density at radius 3 is 2.79 bits per heavy atom. The van der Waals surface area contributed by atoms with Crippen LogP contribution < -0.4 is 5.32 Å². The third-order valence-electron chi connectivity index (χ3n) is 3.22. The van der Waals surface area contributed by atoms with Gasteiger partial charge in [-0.3, -0.25) is 14.9 Å². The largest absolute Gasteiger partial charge is 0.326 e. The Morgan fingerprint density at radius 1 is 1.25 bits per heavy atom. The zero-order chi connectivity index (χ0) is 17.1. The van der Waals surface area contributed by atoms with Crippen molar-refractivity contribution >= 4 is 45.7 Å². The van der Waals surface area contributed by atoms with Crippen molar-refractivity contribution in [1.82, 2.24) is 4.98 Å². The van der Waals surface area contributed by atoms with Crippen molar-refractivity contribution in [3.8, 4) is 11.3 Å². The molecular weight excluding hydrogens is 350 g/mol. The van der Waals surface area contributed by atoms with E-state index in [9.17, 15) is 14.9 Å². The minimum Gasteiger partial charge on any atom is -0.326 e. The van der Waals surface area contributed by atoms with E-state index in [-0.39, 0.29) is 11.4 Å². The molecule has 0 saturated carbocycles. The number of halogens is 1. The lowest BCUT2D eigenvalue weighted by Crippen LogP contribution is -1.98. The van der Waals surface area contributed by atoms with Crippen LogP contribution in [0.15, 0.2) is 47.8 Å². The zero-order valence-electron chi connectivity index (χ0n) is 12.1. The quantitative estimate of drug-likeness (QED) is 0.396. The first-order valence-corrected chi connectivity index (χ1v) is 8.04. The monoisotopic (exact) mass is 359 g/mol. The molecule has 0 atom stereocenters. The molecule has 0 saturated heterocycles. The Morgan fingerprint density at radius 2 is 2.08 bits per heavy atom. The molecule has 0 unspecified atom stereocenters. The van der Waals surface area contributed by atoms with Gasteiger partial charge in [0, 0.05) is 27.6 Å². The Bertz CT molecular complexity index is 926. The van der Waals surface area contributed by atoms with Crippen molar-refractivity contribution in [3.05, 3.63) is 68.5 Å². The number of nitrogens with one attached hydrogen (secondary N) is 1. The molecule has 0 bridgehead atoms. The van der Waals surface area contributed by atoms with Crippen LogP contribution in [0.1, 0.15) is 10.4 Å². The zero-order valence-corrected chi connectivity index (χ0v) is 13.7. The van der Waals surface area contributed by atoms with Gasteiger partial charge in [-0.05, 0) is 24.3 Å². The van der Waals surface area contributed by atoms with E-state index >= 15 is 0 Å². The molecule has 120 valence electrons. The van der Waals surface area contributed by atoms with Crippen molar-refractivity contribution < 1.29 is 9.72 Å². The molecule has 2 aromatic carbocycles. The molecule has 3 aromatic rings. The predicted molar refractivity (Wildman–Crippen MR) is 94.3 cm³/mol. The van der Waals surface area contributed by atoms with Crippen LogP contribution in [-0.4, -0.2) is 16.2 Å². The number of thiazole rings is 1. The summed E-state index contributed by atoms with van der Waals surface area (Å²) in [6.45, 7) is 0. The Kier molecular flexibility index (Phi) is 4.54. The van der Waals surface area contributed by atoms with Gasteiger partial charge in [0.2, 0.25) is 0 Å². The number of aldehydes is 1. The number of carbonyl (C=O) groups is 1. The van der Waals surface area contributed by atoms with E-state index in [0.717, 1.165) is 5.56 Å². The number of rotatable bonds is 5. The summed E-state index contributed by atoms with van der Waals surface area (Å²) in [5.74, 6) is 0. The molecule has 24 heavy (non-hydrogen) atoms. The number of nitro groups is 1. The second kappa shape index (κ2) is 6.77. The van der Waals surface area contributed by atoms with Gasteiger partial charge in [-0.2, -0.15) is 0 Å². The van der Waals surface area contributed by atoms with Gasteiger partial charge in [0.25, 0.3) is 5.69 Å². The summed E-state index contributed by atoms with van der Waals surface area (Å²) < 4.78 is 0. The third-order valence-corrected chi connectivity index (χ3v) is 4.21. The Hall–Kier alpha value is -2.77. The van der Waals surface area contributed by atoms with Crippen molar-refractivity contribution in [2.24, 2.45) is 0 Å². The average molecular weight is 360 g/mol. The fourth-order valence-electron chi connectivity index (χ4n) is 2.11. The van der Waals surface area contributed by atoms with E-state index < -0.39 is 4.92 Å². The fourth-order valence-corrected chi connectivity index (χ4v) is 3.04. The fraction of sp³-hybridized carbons (Fsp3) is 0. The van der Waals surface area contributed by atoms with Gasteiger partial charge in [-0.25, -0.2) is 4.98 Å². The number of hydrogen-bond donors (Lipinski definition) is 1. The van der Waals surface area contributed by atoms with E-state index in [1.165, 1.54) is 29.5 Å². The van der Waals surface area contributed by atoms with Gasteiger partial charge in [0.15, 0.2) is 5.13 Å². The number of carbonyl (C=O) groups excluding carboxylic acids is 1. The maximum atomic E-state index is 11.1. The summed E-state index contributed by atoms with van der Waals surface area (Å²) >= 11 is 7.28. The molecule has 8 heteroatoms. The van der Waals surface area contributed by atoms with E-state index in [2.05, 4.69) is 10.3 Å². The summed E-state index contributed by atoms with van der Waals surface area (Å²) in [5, 5.41) is 16.9. The average Bonchev–Trinajstić information content (AvgIpc) is 3.03. The van der Waals surface area contributed by atoms with Crippen molar-refractivity contribution in [2.75, 3.05) is 5.32 Å². The highest BCUT2D eigenvalue weighted by Gasteiger charge is 2.16. The van der Waals surface area contributed by atoms with Crippen LogP contribution in [0.25, 0.3) is 11.3 Å². The Balaban J connectivity index is 1.92. The van der Waals surface area contributed by atoms with Crippen LogP contribution in [0, 0.1) is 10.1 Å². The molecule has 0 aliphatic heterocycles. The molecule has 0 fully saturated rings. The summed E-state index contributed by atoms with van der Waals surface area (Å²) in [6.07, 6.45) is 0.633. The Labute approximate surface area is 145 Å². The number of nitro benzene ring substituents is 1. The summed E-state index contributed by atoms with van der Waals surface area (Å²) in [7, 11) is 0. The molecule has 1 N–H and O–H groups in total. The van der Waals surface area contributed by atoms with Gasteiger partial charge >= 0.3 is 0 Å². The standard InChI is InChI=1S/C16H10ClN3O3S/c17-12-3-1-2-11(7-12)14-9-24-16(19-14)18-13-6-10(8-21)4-5-15(13)20(22)23/h1-9H,(H,18,19). The van der Waals surface area contributed by atoms with Crippen molar-refractivity contribution in [3.63, 3.8) is 0 Å². The number of nitrogens with zero attached hydrogens (tertiary/aromatic N) is 2. The van der Waals surface area contributed by atoms with Gasteiger partial charge in [0.05, 0.1) is 10.6 Å². The highest BCUT2D eigenvalue weighted by Crippen LogP contribution is 2.32. The molecule has 6 nitrogen and oxygen atoms in total. The molecule has 0 amide bonds. The molecule has 3 rings (SSSR count). The first-order valence-electron chi connectivity index (χ1n) is 6.79. The van der Waals surface area contributed by atoms with Crippen molar-refractivity contribution in [1.29, 1.82) is 0 Å². The summed E-state index contributed by atoms with van der Waals surface area (Å²) in [5.41, 5.74) is 1.99. The van der Waals surface area contributed by atoms with Crippen LogP contribution in [-0.2, 0) is 0 Å². The molecular formula is C16H10ClN3O3S. The van der Waals surface area contributed by atoms with E-state index in [4.69, 9.17) is 11.6 Å². The molecule has 1 aromatic heterocycles. The maximum Gasteiger partial charge on any atom is 0.292 e. The first-order chi connectivity index (χ1) is 11.6. The minimum atomic E-state index is -0.512. The topological polar surface area (TPSA) is 85.1 Å². The molecule has 0 radical (unpaired) electrons. The summed E-state index contributed by atoms with van der Waals surface area (Å²) in [4.78, 5) is 25.9. The van der Waals surface area contributed by atoms with Crippen LogP contribution in [0.4, 0.5) is 16.5 Å². The van der Waals surface area contributed by atoms with Gasteiger partial charge in [-0.1, -0.05) is 23.7 Å². The van der Waals surface area contributed by atoms with E-state index in [0.29, 0.717) is 27.7 Å². The predicted octanol–water partition coefficient (Wildman–Crippen LogP) is 4.93. The van der Waals surface area contributed by atoms with Crippen LogP contribution in [0.2, 0.25) is 5.02 Å². The number of benzene rings is 2. The minimum absolute atomic E-state index is 0.125. The normalized spacial score (nSPS) is 10.4. The molecule has 0 aliphatic carbocycles. The van der Waals surface area contributed by atoms with Crippen LogP contribution >= 0.6 is 22.9 Å². The molecule has 0 aliphatic rings. The number of aromatic nitrogens is 1. The second-order valence-electron chi connectivity index (χ2n) is 4.82. The lowest BCUT2D eigenvalue weighted by molar-refractivity contribution is -0.383. The SMILES string of the molecule is O=Cc1ccc([N+](=O)[O-])c(Nc2nc(-c3cccc(Cl)c3)cs2)c1. The lowest BCUT2D eigenvalue weighted by Gasteiger charge is -2.04. The smallest absolute Gasteiger partial charge is 0.292 e. The van der Waals surface area contributed by atoms with Gasteiger partial charge in [-0.15, -0.1) is 11.3 Å². The number of hydrogen-bond acceptors (Lipinski definition) is 6. The van der Waals surface area contributed by atoms with Crippen LogP contribution in [0.5, 0.6) is 0 Å². The van der Waals surface area contributed by atoms with Gasteiger partial charge < -0.3 is 5.32 Å². The summed E-state index contributed by atoms with van der Waals surface area (Å²) in [6, 6.07) is 11.4. The molecule has 1 heterocycles. The van der Waals surface area contributed by atoms with Crippen LogP contribution in [0.3, 0.4) is 0 Å². The number of anilines is 2. The maximum absolute atomic E-state index is 11.1.